The number of benzene rings is 2. The highest BCUT2D eigenvalue weighted by Crippen LogP contribution is 2.26. The molecule has 5 aromatic rings. The third-order valence-electron chi connectivity index (χ3n) is 5.14. The van der Waals surface area contributed by atoms with Crippen LogP contribution in [-0.2, 0) is 11.3 Å². The first-order valence-corrected chi connectivity index (χ1v) is 9.99. The van der Waals surface area contributed by atoms with Gasteiger partial charge < -0.3 is 9.88 Å². The fourth-order valence-corrected chi connectivity index (χ4v) is 3.79. The molecule has 9 heteroatoms. The molecule has 0 aliphatic rings. The number of rotatable bonds is 4. The summed E-state index contributed by atoms with van der Waals surface area (Å²) in [5.41, 5.74) is 4.77. The van der Waals surface area contributed by atoms with Crippen molar-refractivity contribution < 1.29 is 4.79 Å². The Hall–Kier alpha value is -4.58. The Morgan fingerprint density at radius 3 is 2.72 bits per heavy atom. The number of nitriles is 1. The van der Waals surface area contributed by atoms with Crippen LogP contribution in [0.15, 0.2) is 54.6 Å². The van der Waals surface area contributed by atoms with E-state index in [1.54, 1.807) is 28.9 Å². The molecule has 3 aromatic heterocycles. The van der Waals surface area contributed by atoms with Crippen LogP contribution in [-0.4, -0.2) is 35.4 Å². The zero-order chi connectivity index (χ0) is 22.2. The predicted octanol–water partition coefficient (Wildman–Crippen LogP) is 3.29. The molecule has 1 N–H and O–H groups in total. The maximum absolute atomic E-state index is 12.9. The number of hydrogen-bond acceptors (Lipinski definition) is 6. The third-order valence-corrected chi connectivity index (χ3v) is 5.14. The van der Waals surface area contributed by atoms with Crippen molar-refractivity contribution in [2.75, 3.05) is 5.32 Å². The van der Waals surface area contributed by atoms with Gasteiger partial charge in [-0.05, 0) is 44.2 Å². The monoisotopic (exact) mass is 422 g/mol. The molecule has 5 rings (SSSR count). The van der Waals surface area contributed by atoms with Crippen molar-refractivity contribution in [2.45, 2.75) is 20.4 Å². The largest absolute Gasteiger partial charge is 0.324 e. The van der Waals surface area contributed by atoms with E-state index in [9.17, 15) is 4.79 Å². The number of aryl methyl sites for hydroxylation is 2. The fraction of sp³-hybridized carbons (Fsp3) is 0.130. The summed E-state index contributed by atoms with van der Waals surface area (Å²) >= 11 is 0. The number of carbonyl (C=O) groups is 1. The topological polar surface area (TPSA) is 114 Å². The maximum atomic E-state index is 12.9. The SMILES string of the molecule is Cc1cc(C)n(-c2nnc3c4ccccc4n(CC(=O)Nc4cccc(C#N)c4)c3n2)n1. The average molecular weight is 422 g/mol. The van der Waals surface area contributed by atoms with Gasteiger partial charge in [-0.3, -0.25) is 4.79 Å². The summed E-state index contributed by atoms with van der Waals surface area (Å²) in [4.78, 5) is 17.6. The third kappa shape index (κ3) is 3.33. The lowest BCUT2D eigenvalue weighted by atomic mass is 10.2. The van der Waals surface area contributed by atoms with Crippen LogP contribution >= 0.6 is 0 Å². The van der Waals surface area contributed by atoms with Gasteiger partial charge in [0.25, 0.3) is 5.95 Å². The molecule has 2 aromatic carbocycles. The minimum absolute atomic E-state index is 0.0239. The maximum Gasteiger partial charge on any atom is 0.272 e. The first-order valence-electron chi connectivity index (χ1n) is 9.99. The number of anilines is 1. The van der Waals surface area contributed by atoms with Crippen molar-refractivity contribution in [3.05, 3.63) is 71.5 Å². The van der Waals surface area contributed by atoms with E-state index in [0.29, 0.717) is 28.4 Å². The van der Waals surface area contributed by atoms with Crippen molar-refractivity contribution in [3.63, 3.8) is 0 Å². The minimum Gasteiger partial charge on any atom is -0.324 e. The van der Waals surface area contributed by atoms with Gasteiger partial charge in [0.15, 0.2) is 5.65 Å². The Morgan fingerprint density at radius 2 is 1.94 bits per heavy atom. The summed E-state index contributed by atoms with van der Waals surface area (Å²) in [6.45, 7) is 3.85. The molecule has 0 aliphatic carbocycles. The molecule has 0 unspecified atom stereocenters. The van der Waals surface area contributed by atoms with Crippen LogP contribution in [0.1, 0.15) is 17.0 Å². The molecule has 0 radical (unpaired) electrons. The van der Waals surface area contributed by atoms with Gasteiger partial charge in [0.05, 0.1) is 22.8 Å². The summed E-state index contributed by atoms with van der Waals surface area (Å²) in [7, 11) is 0. The van der Waals surface area contributed by atoms with Crippen molar-refractivity contribution in [1.29, 1.82) is 5.26 Å². The van der Waals surface area contributed by atoms with Gasteiger partial charge in [-0.1, -0.05) is 24.3 Å². The van der Waals surface area contributed by atoms with Gasteiger partial charge in [0, 0.05) is 16.8 Å². The summed E-state index contributed by atoms with van der Waals surface area (Å²) in [5, 5.41) is 25.9. The Bertz CT molecular complexity index is 1540. The molecule has 0 bridgehead atoms. The van der Waals surface area contributed by atoms with Gasteiger partial charge in [0.2, 0.25) is 5.91 Å². The lowest BCUT2D eigenvalue weighted by molar-refractivity contribution is -0.116. The Balaban J connectivity index is 1.58. The number of carbonyl (C=O) groups excluding carboxylic acids is 1. The highest BCUT2D eigenvalue weighted by molar-refractivity contribution is 6.05. The van der Waals surface area contributed by atoms with E-state index < -0.39 is 0 Å². The number of nitrogens with one attached hydrogen (secondary N) is 1. The van der Waals surface area contributed by atoms with E-state index in [2.05, 4.69) is 26.7 Å². The van der Waals surface area contributed by atoms with Crippen LogP contribution < -0.4 is 5.32 Å². The number of nitrogens with zero attached hydrogens (tertiary/aromatic N) is 7. The second-order valence-electron chi connectivity index (χ2n) is 7.47. The zero-order valence-corrected chi connectivity index (χ0v) is 17.4. The first-order chi connectivity index (χ1) is 15.5. The van der Waals surface area contributed by atoms with Gasteiger partial charge in [0.1, 0.15) is 12.1 Å². The molecule has 156 valence electrons. The van der Waals surface area contributed by atoms with E-state index in [4.69, 9.17) is 10.2 Å². The number of hydrogen-bond donors (Lipinski definition) is 1. The van der Waals surface area contributed by atoms with Gasteiger partial charge in [-0.25, -0.2) is 4.68 Å². The van der Waals surface area contributed by atoms with Crippen molar-refractivity contribution >= 4 is 33.7 Å². The molecular weight excluding hydrogens is 404 g/mol. The summed E-state index contributed by atoms with van der Waals surface area (Å²) in [6.07, 6.45) is 0. The summed E-state index contributed by atoms with van der Waals surface area (Å²) < 4.78 is 3.45. The second kappa shape index (κ2) is 7.59. The molecule has 0 aliphatic heterocycles. The Kier molecular flexibility index (Phi) is 4.60. The molecule has 3 heterocycles. The molecule has 1 amide bonds. The predicted molar refractivity (Wildman–Crippen MR) is 119 cm³/mol. The standard InChI is InChI=1S/C23H18N8O/c1-14-10-15(2)31(29-14)23-26-22-21(27-28-23)18-8-3-4-9-19(18)30(22)13-20(32)25-17-7-5-6-16(11-17)12-24/h3-11H,13H2,1-2H3,(H,25,32). The average Bonchev–Trinajstić information content (AvgIpc) is 3.30. The van der Waals surface area contributed by atoms with E-state index in [1.807, 2.05) is 48.7 Å². The van der Waals surface area contributed by atoms with Crippen LogP contribution in [0.2, 0.25) is 0 Å². The lowest BCUT2D eigenvalue weighted by Crippen LogP contribution is -2.19. The Labute approximate surface area is 182 Å². The molecule has 9 nitrogen and oxygen atoms in total. The molecule has 0 saturated heterocycles. The Morgan fingerprint density at radius 1 is 1.09 bits per heavy atom. The number of para-hydroxylation sites is 1. The quantitative estimate of drug-likeness (QED) is 0.475. The van der Waals surface area contributed by atoms with Gasteiger partial charge in [-0.15, -0.1) is 10.2 Å². The van der Waals surface area contributed by atoms with Crippen molar-refractivity contribution in [1.82, 2.24) is 29.5 Å². The van der Waals surface area contributed by atoms with E-state index in [1.165, 1.54) is 0 Å². The van der Waals surface area contributed by atoms with E-state index in [-0.39, 0.29) is 12.5 Å². The van der Waals surface area contributed by atoms with Gasteiger partial charge >= 0.3 is 0 Å². The van der Waals surface area contributed by atoms with Crippen LogP contribution in [0.5, 0.6) is 0 Å². The number of amides is 1. The highest BCUT2D eigenvalue weighted by Gasteiger charge is 2.18. The zero-order valence-electron chi connectivity index (χ0n) is 17.4. The first kappa shape index (κ1) is 19.4. The van der Waals surface area contributed by atoms with Crippen LogP contribution in [0.3, 0.4) is 0 Å². The minimum atomic E-state index is -0.242. The van der Waals surface area contributed by atoms with Crippen LogP contribution in [0.4, 0.5) is 5.69 Å². The van der Waals surface area contributed by atoms with Crippen LogP contribution in [0, 0.1) is 25.2 Å². The normalized spacial score (nSPS) is 11.0. The number of aromatic nitrogens is 6. The smallest absolute Gasteiger partial charge is 0.272 e. The molecular formula is C23H18N8O. The molecule has 0 spiro atoms. The van der Waals surface area contributed by atoms with E-state index >= 15 is 0 Å². The van der Waals surface area contributed by atoms with Crippen LogP contribution in [0.25, 0.3) is 28.0 Å². The second-order valence-corrected chi connectivity index (χ2v) is 7.47. The summed E-state index contributed by atoms with van der Waals surface area (Å²) in [6, 6.07) is 18.5. The highest BCUT2D eigenvalue weighted by atomic mass is 16.1. The molecule has 32 heavy (non-hydrogen) atoms. The summed E-state index contributed by atoms with van der Waals surface area (Å²) in [5.74, 6) is 0.100. The van der Waals surface area contributed by atoms with E-state index in [0.717, 1.165) is 22.3 Å². The van der Waals surface area contributed by atoms with Gasteiger partial charge in [-0.2, -0.15) is 15.3 Å². The van der Waals surface area contributed by atoms with Crippen molar-refractivity contribution in [2.24, 2.45) is 0 Å². The van der Waals surface area contributed by atoms with Crippen molar-refractivity contribution in [3.8, 4) is 12.0 Å². The lowest BCUT2D eigenvalue weighted by Gasteiger charge is -2.09. The number of fused-ring (bicyclic) bond motifs is 3. The fourth-order valence-electron chi connectivity index (χ4n) is 3.79. The molecule has 0 saturated carbocycles. The molecule has 0 fully saturated rings. The molecule has 0 atom stereocenters.